The van der Waals surface area contributed by atoms with E-state index in [2.05, 4.69) is 10.6 Å². The largest absolute Gasteiger partial charge is 0.396 e. The Morgan fingerprint density at radius 1 is 1.24 bits per heavy atom. The molecule has 21 heavy (non-hydrogen) atoms. The average Bonchev–Trinajstić information content (AvgIpc) is 2.50. The van der Waals surface area contributed by atoms with Gasteiger partial charge in [-0.15, -0.1) is 0 Å². The summed E-state index contributed by atoms with van der Waals surface area (Å²) in [6.45, 7) is 4.52. The Morgan fingerprint density at radius 2 is 1.90 bits per heavy atom. The maximum atomic E-state index is 11.8. The maximum absolute atomic E-state index is 11.8. The summed E-state index contributed by atoms with van der Waals surface area (Å²) in [6.07, 6.45) is 1.64. The Balaban J connectivity index is 2.33. The van der Waals surface area contributed by atoms with Crippen LogP contribution in [0.2, 0.25) is 0 Å². The minimum Gasteiger partial charge on any atom is -0.396 e. The fraction of sp³-hybridized carbons (Fsp3) is 0.562. The number of hydrogen-bond acceptors (Lipinski definition) is 3. The van der Waals surface area contributed by atoms with Crippen molar-refractivity contribution < 1.29 is 15.0 Å². The lowest BCUT2D eigenvalue weighted by molar-refractivity contribution is 0.148. The number of carbonyl (C=O) groups is 1. The standard InChI is InChI=1S/C16H26N2O3/c1-16(2,12-20)9-6-10-17-15(21)18-14(11-19)13-7-4-3-5-8-13/h3-5,7-8,14,19-20H,6,9-12H2,1-2H3,(H2,17,18,21). The highest BCUT2D eigenvalue weighted by atomic mass is 16.3. The van der Waals surface area contributed by atoms with Crippen LogP contribution >= 0.6 is 0 Å². The molecule has 0 radical (unpaired) electrons. The van der Waals surface area contributed by atoms with E-state index in [1.807, 2.05) is 44.2 Å². The predicted molar refractivity (Wildman–Crippen MR) is 82.9 cm³/mol. The second-order valence-corrected chi connectivity index (χ2v) is 5.97. The van der Waals surface area contributed by atoms with Crippen LogP contribution in [0.15, 0.2) is 30.3 Å². The highest BCUT2D eigenvalue weighted by Gasteiger charge is 2.16. The van der Waals surface area contributed by atoms with Crippen LogP contribution in [0.25, 0.3) is 0 Å². The van der Waals surface area contributed by atoms with Crippen molar-refractivity contribution in [1.29, 1.82) is 0 Å². The van der Waals surface area contributed by atoms with E-state index in [-0.39, 0.29) is 24.7 Å². The summed E-state index contributed by atoms with van der Waals surface area (Å²) in [5, 5.41) is 24.0. The first kappa shape index (κ1) is 17.5. The molecule has 0 aliphatic carbocycles. The number of aliphatic hydroxyl groups is 2. The number of rotatable bonds is 8. The third-order valence-electron chi connectivity index (χ3n) is 3.43. The quantitative estimate of drug-likeness (QED) is 0.552. The van der Waals surface area contributed by atoms with Gasteiger partial charge in [0.25, 0.3) is 0 Å². The molecule has 0 saturated carbocycles. The zero-order valence-corrected chi connectivity index (χ0v) is 12.8. The summed E-state index contributed by atoms with van der Waals surface area (Å²) >= 11 is 0. The van der Waals surface area contributed by atoms with Gasteiger partial charge in [0, 0.05) is 13.2 Å². The van der Waals surface area contributed by atoms with Crippen LogP contribution in [0.5, 0.6) is 0 Å². The smallest absolute Gasteiger partial charge is 0.315 e. The number of nitrogens with one attached hydrogen (secondary N) is 2. The molecule has 0 heterocycles. The van der Waals surface area contributed by atoms with E-state index in [9.17, 15) is 9.90 Å². The molecule has 0 aliphatic heterocycles. The SMILES string of the molecule is CC(C)(CO)CCCNC(=O)NC(CO)c1ccccc1. The zero-order chi connectivity index (χ0) is 15.7. The lowest BCUT2D eigenvalue weighted by Gasteiger charge is -2.21. The van der Waals surface area contributed by atoms with Crippen molar-refractivity contribution in [2.75, 3.05) is 19.8 Å². The lowest BCUT2D eigenvalue weighted by Crippen LogP contribution is -2.39. The average molecular weight is 294 g/mol. The van der Waals surface area contributed by atoms with Gasteiger partial charge in [0.15, 0.2) is 0 Å². The molecule has 2 amide bonds. The molecule has 1 aromatic carbocycles. The molecule has 5 heteroatoms. The monoisotopic (exact) mass is 294 g/mol. The number of aliphatic hydroxyl groups excluding tert-OH is 2. The first-order valence-electron chi connectivity index (χ1n) is 7.29. The van der Waals surface area contributed by atoms with Crippen molar-refractivity contribution in [2.24, 2.45) is 5.41 Å². The minimum atomic E-state index is -0.403. The van der Waals surface area contributed by atoms with Gasteiger partial charge in [-0.3, -0.25) is 0 Å². The molecule has 0 fully saturated rings. The molecule has 4 N–H and O–H groups in total. The van der Waals surface area contributed by atoms with Gasteiger partial charge in [0.05, 0.1) is 12.6 Å². The fourth-order valence-corrected chi connectivity index (χ4v) is 1.98. The van der Waals surface area contributed by atoms with Crippen LogP contribution in [-0.4, -0.2) is 36.0 Å². The second kappa shape index (κ2) is 8.64. The summed E-state index contributed by atoms with van der Waals surface area (Å²) in [5.41, 5.74) is 0.757. The number of urea groups is 1. The Morgan fingerprint density at radius 3 is 2.48 bits per heavy atom. The van der Waals surface area contributed by atoms with Crippen molar-refractivity contribution in [3.05, 3.63) is 35.9 Å². The van der Waals surface area contributed by atoms with E-state index in [0.29, 0.717) is 6.54 Å². The lowest BCUT2D eigenvalue weighted by atomic mass is 9.89. The summed E-state index contributed by atoms with van der Waals surface area (Å²) in [7, 11) is 0. The molecule has 118 valence electrons. The van der Waals surface area contributed by atoms with Crippen LogP contribution in [0.1, 0.15) is 38.3 Å². The number of amides is 2. The van der Waals surface area contributed by atoms with Gasteiger partial charge < -0.3 is 20.8 Å². The van der Waals surface area contributed by atoms with Crippen LogP contribution in [-0.2, 0) is 0 Å². The number of benzene rings is 1. The van der Waals surface area contributed by atoms with Crippen LogP contribution in [0.3, 0.4) is 0 Å². The Kier molecular flexibility index (Phi) is 7.19. The maximum Gasteiger partial charge on any atom is 0.315 e. The van der Waals surface area contributed by atoms with Crippen molar-refractivity contribution in [1.82, 2.24) is 10.6 Å². The van der Waals surface area contributed by atoms with Crippen molar-refractivity contribution in [3.63, 3.8) is 0 Å². The highest BCUT2D eigenvalue weighted by molar-refractivity contribution is 5.74. The van der Waals surface area contributed by atoms with Gasteiger partial charge in [-0.05, 0) is 23.8 Å². The van der Waals surface area contributed by atoms with E-state index < -0.39 is 6.04 Å². The first-order chi connectivity index (χ1) is 9.98. The molecule has 0 saturated heterocycles. The Labute approximate surface area is 126 Å². The van der Waals surface area contributed by atoms with Crippen LogP contribution < -0.4 is 10.6 Å². The van der Waals surface area contributed by atoms with E-state index >= 15 is 0 Å². The highest BCUT2D eigenvalue weighted by Crippen LogP contribution is 2.20. The van der Waals surface area contributed by atoms with Gasteiger partial charge in [0.1, 0.15) is 0 Å². The molecule has 0 aliphatic rings. The summed E-state index contributed by atoms with van der Waals surface area (Å²) in [6, 6.07) is 8.67. The van der Waals surface area contributed by atoms with Crippen molar-refractivity contribution in [2.45, 2.75) is 32.7 Å². The molecule has 0 bridgehead atoms. The van der Waals surface area contributed by atoms with E-state index in [4.69, 9.17) is 5.11 Å². The molecule has 1 aromatic rings. The molecule has 1 unspecified atom stereocenters. The molecule has 1 atom stereocenters. The van der Waals surface area contributed by atoms with E-state index in [1.54, 1.807) is 0 Å². The Hall–Kier alpha value is -1.59. The third kappa shape index (κ3) is 6.60. The van der Waals surface area contributed by atoms with Gasteiger partial charge in [-0.2, -0.15) is 0 Å². The summed E-state index contributed by atoms with van der Waals surface area (Å²) in [5.74, 6) is 0. The topological polar surface area (TPSA) is 81.6 Å². The summed E-state index contributed by atoms with van der Waals surface area (Å²) < 4.78 is 0. The first-order valence-corrected chi connectivity index (χ1v) is 7.29. The second-order valence-electron chi connectivity index (χ2n) is 5.97. The Bertz CT molecular complexity index is 421. The molecule has 0 aromatic heterocycles. The van der Waals surface area contributed by atoms with Gasteiger partial charge in [-0.25, -0.2) is 4.79 Å². The summed E-state index contributed by atoms with van der Waals surface area (Å²) in [4.78, 5) is 11.8. The van der Waals surface area contributed by atoms with Crippen LogP contribution in [0.4, 0.5) is 4.79 Å². The van der Waals surface area contributed by atoms with Gasteiger partial charge >= 0.3 is 6.03 Å². The zero-order valence-electron chi connectivity index (χ0n) is 12.8. The minimum absolute atomic E-state index is 0.115. The number of carbonyl (C=O) groups excluding carboxylic acids is 1. The number of hydrogen-bond donors (Lipinski definition) is 4. The van der Waals surface area contributed by atoms with Gasteiger partial charge in [0.2, 0.25) is 0 Å². The van der Waals surface area contributed by atoms with Crippen LogP contribution in [0, 0.1) is 5.41 Å². The molecular weight excluding hydrogens is 268 g/mol. The molecule has 1 rings (SSSR count). The fourth-order valence-electron chi connectivity index (χ4n) is 1.98. The van der Waals surface area contributed by atoms with Gasteiger partial charge in [-0.1, -0.05) is 44.2 Å². The molecule has 5 nitrogen and oxygen atoms in total. The normalized spacial score (nSPS) is 12.8. The predicted octanol–water partition coefficient (Wildman–Crippen LogP) is 1.82. The molecular formula is C16H26N2O3. The van der Waals surface area contributed by atoms with E-state index in [0.717, 1.165) is 18.4 Å². The van der Waals surface area contributed by atoms with Crippen molar-refractivity contribution in [3.8, 4) is 0 Å². The van der Waals surface area contributed by atoms with Crippen molar-refractivity contribution >= 4 is 6.03 Å². The third-order valence-corrected chi connectivity index (χ3v) is 3.43. The molecule has 0 spiro atoms. The van der Waals surface area contributed by atoms with E-state index in [1.165, 1.54) is 0 Å².